The predicted molar refractivity (Wildman–Crippen MR) is 115 cm³/mol. The number of hydrogen-bond donors (Lipinski definition) is 0. The molecule has 4 rings (SSSR count). The topological polar surface area (TPSA) is 93.2 Å². The van der Waals surface area contributed by atoms with E-state index in [0.717, 1.165) is 12.1 Å². The van der Waals surface area contributed by atoms with E-state index in [9.17, 15) is 18.0 Å². The van der Waals surface area contributed by atoms with Crippen LogP contribution in [0.4, 0.5) is 5.69 Å². The minimum absolute atomic E-state index is 0.0682. The lowest BCUT2D eigenvalue weighted by Crippen LogP contribution is -2.45. The second-order valence-corrected chi connectivity index (χ2v) is 9.88. The maximum absolute atomic E-state index is 13.2. The minimum Gasteiger partial charge on any atom is -0.465 e. The van der Waals surface area contributed by atoms with Crippen molar-refractivity contribution in [1.29, 1.82) is 0 Å². The van der Waals surface area contributed by atoms with Gasteiger partial charge in [0, 0.05) is 37.4 Å². The van der Waals surface area contributed by atoms with Crippen LogP contribution in [0.5, 0.6) is 11.5 Å². The van der Waals surface area contributed by atoms with Gasteiger partial charge in [0.2, 0.25) is 6.41 Å². The third kappa shape index (κ3) is 3.95. The van der Waals surface area contributed by atoms with E-state index in [1.807, 2.05) is 0 Å². The Balaban J connectivity index is 1.77. The maximum atomic E-state index is 13.2. The predicted octanol–water partition coefficient (Wildman–Crippen LogP) is 2.79. The molecular formula is C21H21ClN2O6S. The number of amides is 1. The number of halogens is 1. The Morgan fingerprint density at radius 1 is 1.13 bits per heavy atom. The highest BCUT2D eigenvalue weighted by Gasteiger charge is 2.32. The Morgan fingerprint density at radius 3 is 2.48 bits per heavy atom. The van der Waals surface area contributed by atoms with Gasteiger partial charge < -0.3 is 19.3 Å². The summed E-state index contributed by atoms with van der Waals surface area (Å²) in [5.74, 6) is -0.507. The number of nitrogens with zero attached hydrogens (tertiary/aromatic N) is 2. The van der Waals surface area contributed by atoms with E-state index < -0.39 is 15.8 Å². The number of fused-ring (bicyclic) bond motifs is 2. The van der Waals surface area contributed by atoms with Crippen molar-refractivity contribution in [2.75, 3.05) is 38.2 Å². The molecule has 2 aliphatic heterocycles. The molecular weight excluding hydrogens is 444 g/mol. The lowest BCUT2D eigenvalue weighted by atomic mass is 10.1. The van der Waals surface area contributed by atoms with Gasteiger partial charge in [-0.25, -0.2) is 13.2 Å². The number of benzene rings is 2. The third-order valence-electron chi connectivity index (χ3n) is 5.48. The van der Waals surface area contributed by atoms with Crippen molar-refractivity contribution < 1.29 is 27.5 Å². The fraction of sp³-hybridized carbons (Fsp3) is 0.333. The first-order chi connectivity index (χ1) is 14.7. The number of carbonyl (C=O) groups is 2. The van der Waals surface area contributed by atoms with E-state index >= 15 is 0 Å². The van der Waals surface area contributed by atoms with E-state index in [4.69, 9.17) is 21.1 Å². The molecule has 0 atom stereocenters. The van der Waals surface area contributed by atoms with E-state index in [2.05, 4.69) is 4.90 Å². The molecule has 1 fully saturated rings. The number of anilines is 1. The highest BCUT2D eigenvalue weighted by Crippen LogP contribution is 2.45. The van der Waals surface area contributed by atoms with Gasteiger partial charge in [-0.1, -0.05) is 11.6 Å². The van der Waals surface area contributed by atoms with Crippen LogP contribution in [0.2, 0.25) is 5.02 Å². The summed E-state index contributed by atoms with van der Waals surface area (Å²) in [6.07, 6.45) is 0.823. The summed E-state index contributed by atoms with van der Waals surface area (Å²) < 4.78 is 37.2. The molecule has 2 aromatic carbocycles. The fourth-order valence-electron chi connectivity index (χ4n) is 3.85. The van der Waals surface area contributed by atoms with Crippen LogP contribution >= 0.6 is 11.6 Å². The Bertz CT molecular complexity index is 1170. The molecule has 2 aromatic rings. The summed E-state index contributed by atoms with van der Waals surface area (Å²) in [4.78, 5) is 26.6. The second-order valence-electron chi connectivity index (χ2n) is 7.52. The van der Waals surface area contributed by atoms with Gasteiger partial charge >= 0.3 is 5.97 Å². The summed E-state index contributed by atoms with van der Waals surface area (Å²) in [5.41, 5.74) is 1.83. The number of methoxy groups -OCH3 is 1. The summed E-state index contributed by atoms with van der Waals surface area (Å²) in [5, 5.41) is 0.296. The molecule has 0 aliphatic carbocycles. The molecule has 8 nitrogen and oxygen atoms in total. The summed E-state index contributed by atoms with van der Waals surface area (Å²) in [6, 6.07) is 6.31. The smallest absolute Gasteiger partial charge is 0.337 e. The van der Waals surface area contributed by atoms with Crippen molar-refractivity contribution in [2.45, 2.75) is 17.6 Å². The monoisotopic (exact) mass is 464 g/mol. The normalized spacial score (nSPS) is 17.1. The molecule has 31 heavy (non-hydrogen) atoms. The number of esters is 1. The fourth-order valence-corrected chi connectivity index (χ4v) is 5.69. The van der Waals surface area contributed by atoms with Crippen LogP contribution in [0.3, 0.4) is 0 Å². The maximum Gasteiger partial charge on any atom is 0.337 e. The number of sulfone groups is 1. The molecule has 2 aliphatic rings. The van der Waals surface area contributed by atoms with Crippen molar-refractivity contribution >= 4 is 39.5 Å². The van der Waals surface area contributed by atoms with Crippen LogP contribution in [-0.2, 0) is 25.1 Å². The van der Waals surface area contributed by atoms with Crippen molar-refractivity contribution in [3.8, 4) is 11.5 Å². The van der Waals surface area contributed by atoms with Gasteiger partial charge in [0.1, 0.15) is 16.4 Å². The molecule has 0 saturated carbocycles. The van der Waals surface area contributed by atoms with Crippen LogP contribution in [0.1, 0.15) is 21.5 Å². The van der Waals surface area contributed by atoms with Crippen molar-refractivity contribution in [3.63, 3.8) is 0 Å². The zero-order valence-electron chi connectivity index (χ0n) is 17.1. The van der Waals surface area contributed by atoms with Crippen LogP contribution in [-0.4, -0.2) is 59.0 Å². The van der Waals surface area contributed by atoms with E-state index in [1.165, 1.54) is 19.2 Å². The summed E-state index contributed by atoms with van der Waals surface area (Å²) >= 11 is 6.52. The van der Waals surface area contributed by atoms with E-state index in [0.29, 0.717) is 42.3 Å². The van der Waals surface area contributed by atoms with Crippen LogP contribution in [0.25, 0.3) is 0 Å². The van der Waals surface area contributed by atoms with E-state index in [-0.39, 0.29) is 27.7 Å². The summed E-state index contributed by atoms with van der Waals surface area (Å²) in [6.45, 7) is 4.05. The Hall–Kier alpha value is -2.78. The lowest BCUT2D eigenvalue weighted by Gasteiger charge is -2.34. The van der Waals surface area contributed by atoms with Gasteiger partial charge in [0.15, 0.2) is 9.84 Å². The van der Waals surface area contributed by atoms with Crippen molar-refractivity contribution in [3.05, 3.63) is 46.0 Å². The molecule has 0 aromatic heterocycles. The molecule has 1 amide bonds. The van der Waals surface area contributed by atoms with Gasteiger partial charge in [-0.2, -0.15) is 0 Å². The lowest BCUT2D eigenvalue weighted by molar-refractivity contribution is -0.118. The highest BCUT2D eigenvalue weighted by atomic mass is 35.5. The quantitative estimate of drug-likeness (QED) is 0.509. The number of ether oxygens (including phenoxy) is 2. The average molecular weight is 465 g/mol. The largest absolute Gasteiger partial charge is 0.465 e. The molecule has 164 valence electrons. The van der Waals surface area contributed by atoms with Crippen molar-refractivity contribution in [1.82, 2.24) is 4.90 Å². The first kappa shape index (κ1) is 21.5. The number of piperazine rings is 1. The van der Waals surface area contributed by atoms with E-state index in [1.54, 1.807) is 24.0 Å². The second kappa shape index (κ2) is 8.05. The first-order valence-electron chi connectivity index (χ1n) is 9.64. The Labute approximate surface area is 185 Å². The molecule has 1 saturated heterocycles. The number of carbonyl (C=O) groups excluding carboxylic acids is 2. The van der Waals surface area contributed by atoms with Gasteiger partial charge in [0.25, 0.3) is 0 Å². The van der Waals surface area contributed by atoms with Crippen LogP contribution in [0, 0.1) is 6.92 Å². The highest BCUT2D eigenvalue weighted by molar-refractivity contribution is 7.90. The Kier molecular flexibility index (Phi) is 5.57. The van der Waals surface area contributed by atoms with Crippen molar-refractivity contribution in [2.24, 2.45) is 0 Å². The molecule has 10 heteroatoms. The molecule has 2 heterocycles. The third-order valence-corrected chi connectivity index (χ3v) is 7.43. The number of rotatable bonds is 3. The van der Waals surface area contributed by atoms with Gasteiger partial charge in [-0.05, 0) is 36.8 Å². The molecule has 0 bridgehead atoms. The van der Waals surface area contributed by atoms with Gasteiger partial charge in [0.05, 0.1) is 23.4 Å². The Morgan fingerprint density at radius 2 is 1.84 bits per heavy atom. The zero-order valence-corrected chi connectivity index (χ0v) is 18.6. The molecule has 0 radical (unpaired) electrons. The SMILES string of the molecule is COC(=O)c1cc(C)c2c(c1)S(=O)(=O)Cc1cc(N3CCN(C=O)CC3)cc(Cl)c1O2. The zero-order chi connectivity index (χ0) is 22.3. The van der Waals surface area contributed by atoms with Crippen LogP contribution < -0.4 is 9.64 Å². The summed E-state index contributed by atoms with van der Waals surface area (Å²) in [7, 11) is -2.58. The van der Waals surface area contributed by atoms with Gasteiger partial charge in [-0.15, -0.1) is 0 Å². The van der Waals surface area contributed by atoms with Gasteiger partial charge in [-0.3, -0.25) is 4.79 Å². The molecule has 0 unspecified atom stereocenters. The minimum atomic E-state index is -3.82. The first-order valence-corrected chi connectivity index (χ1v) is 11.7. The molecule has 0 spiro atoms. The number of hydrogen-bond acceptors (Lipinski definition) is 7. The van der Waals surface area contributed by atoms with Crippen LogP contribution in [0.15, 0.2) is 29.2 Å². The molecule has 0 N–H and O–H groups in total. The standard InChI is InChI=1S/C21H21ClN2O6S/c1-13-7-14(21(26)29-2)9-18-19(13)30-20-15(11-31(18,27)28)8-16(10-17(20)22)24-5-3-23(12-25)4-6-24/h7-10,12H,3-6,11H2,1-2H3. The average Bonchev–Trinajstić information content (AvgIpc) is 2.87. The number of aryl methyl sites for hydroxylation is 1.